The van der Waals surface area contributed by atoms with Crippen LogP contribution in [0.1, 0.15) is 12.8 Å². The SMILES string of the molecule is COc1cccnc1NC1CCC(=O)N(C)C1. The molecule has 2 heterocycles. The Hall–Kier alpha value is -1.78. The summed E-state index contributed by atoms with van der Waals surface area (Å²) in [6.07, 6.45) is 3.15. The van der Waals surface area contributed by atoms with Crippen LogP contribution in [0.5, 0.6) is 5.75 Å². The van der Waals surface area contributed by atoms with Crippen LogP contribution in [0.15, 0.2) is 18.3 Å². The first kappa shape index (κ1) is 11.7. The minimum atomic E-state index is 0.205. The minimum Gasteiger partial charge on any atom is -0.493 e. The van der Waals surface area contributed by atoms with Gasteiger partial charge in [0.15, 0.2) is 11.6 Å². The topological polar surface area (TPSA) is 54.5 Å². The number of piperidine rings is 1. The van der Waals surface area contributed by atoms with Crippen LogP contribution in [0.25, 0.3) is 0 Å². The third kappa shape index (κ3) is 2.67. The van der Waals surface area contributed by atoms with E-state index in [0.29, 0.717) is 13.0 Å². The fraction of sp³-hybridized carbons (Fsp3) is 0.500. The summed E-state index contributed by atoms with van der Waals surface area (Å²) in [7, 11) is 3.45. The fourth-order valence-corrected chi connectivity index (χ4v) is 1.99. The van der Waals surface area contributed by atoms with Gasteiger partial charge in [0.05, 0.1) is 7.11 Å². The zero-order chi connectivity index (χ0) is 12.3. The molecule has 17 heavy (non-hydrogen) atoms. The third-order valence-electron chi connectivity index (χ3n) is 2.96. The summed E-state index contributed by atoms with van der Waals surface area (Å²) in [4.78, 5) is 17.4. The van der Waals surface area contributed by atoms with E-state index in [9.17, 15) is 4.79 Å². The molecule has 0 saturated carbocycles. The average Bonchev–Trinajstić information content (AvgIpc) is 2.34. The van der Waals surface area contributed by atoms with E-state index in [1.807, 2.05) is 19.2 Å². The number of nitrogens with zero attached hydrogens (tertiary/aromatic N) is 2. The van der Waals surface area contributed by atoms with E-state index in [1.165, 1.54) is 0 Å². The summed E-state index contributed by atoms with van der Waals surface area (Å²) in [6.45, 7) is 0.707. The van der Waals surface area contributed by atoms with Crippen molar-refractivity contribution in [1.82, 2.24) is 9.88 Å². The molecular formula is C12H17N3O2. The van der Waals surface area contributed by atoms with Crippen molar-refractivity contribution in [3.05, 3.63) is 18.3 Å². The van der Waals surface area contributed by atoms with Crippen molar-refractivity contribution in [2.75, 3.05) is 26.0 Å². The lowest BCUT2D eigenvalue weighted by atomic mass is 10.1. The highest BCUT2D eigenvalue weighted by Crippen LogP contribution is 2.23. The van der Waals surface area contributed by atoms with Crippen LogP contribution in [-0.2, 0) is 4.79 Å². The molecule has 1 fully saturated rings. The molecule has 1 atom stereocenters. The first-order valence-corrected chi connectivity index (χ1v) is 5.70. The first-order chi connectivity index (χ1) is 8.20. The number of hydrogen-bond acceptors (Lipinski definition) is 4. The van der Waals surface area contributed by atoms with Crippen LogP contribution in [-0.4, -0.2) is 42.5 Å². The monoisotopic (exact) mass is 235 g/mol. The number of nitrogens with one attached hydrogen (secondary N) is 1. The van der Waals surface area contributed by atoms with E-state index in [2.05, 4.69) is 10.3 Å². The van der Waals surface area contributed by atoms with Crippen molar-refractivity contribution in [1.29, 1.82) is 0 Å². The number of methoxy groups -OCH3 is 1. The van der Waals surface area contributed by atoms with E-state index in [1.54, 1.807) is 18.2 Å². The van der Waals surface area contributed by atoms with Gasteiger partial charge in [0.25, 0.3) is 0 Å². The number of amides is 1. The Morgan fingerprint density at radius 3 is 3.12 bits per heavy atom. The zero-order valence-corrected chi connectivity index (χ0v) is 10.1. The van der Waals surface area contributed by atoms with Gasteiger partial charge >= 0.3 is 0 Å². The van der Waals surface area contributed by atoms with Crippen LogP contribution >= 0.6 is 0 Å². The molecule has 5 heteroatoms. The molecule has 1 aromatic rings. The molecule has 1 amide bonds. The standard InChI is InChI=1S/C12H17N3O2/c1-15-8-9(5-6-11(15)16)14-12-10(17-2)4-3-7-13-12/h3-4,7,9H,5-6,8H2,1-2H3,(H,13,14). The highest BCUT2D eigenvalue weighted by molar-refractivity contribution is 5.77. The molecular weight excluding hydrogens is 218 g/mol. The highest BCUT2D eigenvalue weighted by Gasteiger charge is 2.23. The van der Waals surface area contributed by atoms with Gasteiger partial charge < -0.3 is 15.0 Å². The Labute approximate surface area is 101 Å². The summed E-state index contributed by atoms with van der Waals surface area (Å²) in [6, 6.07) is 3.94. The number of carbonyl (C=O) groups is 1. The zero-order valence-electron chi connectivity index (χ0n) is 10.1. The van der Waals surface area contributed by atoms with Crippen molar-refractivity contribution in [3.63, 3.8) is 0 Å². The lowest BCUT2D eigenvalue weighted by Crippen LogP contribution is -2.43. The maximum atomic E-state index is 11.4. The average molecular weight is 235 g/mol. The smallest absolute Gasteiger partial charge is 0.222 e. The van der Waals surface area contributed by atoms with Crippen molar-refractivity contribution in [2.24, 2.45) is 0 Å². The Kier molecular flexibility index (Phi) is 3.46. The number of pyridine rings is 1. The third-order valence-corrected chi connectivity index (χ3v) is 2.96. The van der Waals surface area contributed by atoms with Crippen molar-refractivity contribution >= 4 is 11.7 Å². The van der Waals surface area contributed by atoms with Crippen LogP contribution in [0.2, 0.25) is 0 Å². The normalized spacial score (nSPS) is 20.2. The van der Waals surface area contributed by atoms with E-state index < -0.39 is 0 Å². The largest absolute Gasteiger partial charge is 0.493 e. The molecule has 1 aliphatic rings. The second kappa shape index (κ2) is 5.03. The van der Waals surface area contributed by atoms with Crippen LogP contribution < -0.4 is 10.1 Å². The van der Waals surface area contributed by atoms with E-state index in [0.717, 1.165) is 18.0 Å². The van der Waals surface area contributed by atoms with Gasteiger partial charge in [0, 0.05) is 32.3 Å². The summed E-state index contributed by atoms with van der Waals surface area (Å²) in [5.41, 5.74) is 0. The summed E-state index contributed by atoms with van der Waals surface area (Å²) >= 11 is 0. The molecule has 1 N–H and O–H groups in total. The van der Waals surface area contributed by atoms with Crippen LogP contribution in [0.4, 0.5) is 5.82 Å². The van der Waals surface area contributed by atoms with E-state index in [-0.39, 0.29) is 11.9 Å². The van der Waals surface area contributed by atoms with Gasteiger partial charge in [-0.1, -0.05) is 0 Å². The van der Waals surface area contributed by atoms with Gasteiger partial charge in [0.1, 0.15) is 0 Å². The predicted octanol–water partition coefficient (Wildman–Crippen LogP) is 1.12. The number of aromatic nitrogens is 1. The molecule has 92 valence electrons. The lowest BCUT2D eigenvalue weighted by molar-refractivity contribution is -0.132. The number of hydrogen-bond donors (Lipinski definition) is 1. The van der Waals surface area contributed by atoms with Gasteiger partial charge in [-0.3, -0.25) is 4.79 Å². The van der Waals surface area contributed by atoms with Gasteiger partial charge in [-0.15, -0.1) is 0 Å². The number of carbonyl (C=O) groups excluding carboxylic acids is 1. The van der Waals surface area contributed by atoms with Gasteiger partial charge in [-0.25, -0.2) is 4.98 Å². The molecule has 1 saturated heterocycles. The maximum Gasteiger partial charge on any atom is 0.222 e. The molecule has 1 unspecified atom stereocenters. The molecule has 0 radical (unpaired) electrons. The van der Waals surface area contributed by atoms with Crippen molar-refractivity contribution in [2.45, 2.75) is 18.9 Å². The maximum absolute atomic E-state index is 11.4. The summed E-state index contributed by atoms with van der Waals surface area (Å²) < 4.78 is 5.23. The van der Waals surface area contributed by atoms with Gasteiger partial charge in [0.2, 0.25) is 5.91 Å². The minimum absolute atomic E-state index is 0.205. The summed E-state index contributed by atoms with van der Waals surface area (Å²) in [5.74, 6) is 1.67. The van der Waals surface area contributed by atoms with E-state index in [4.69, 9.17) is 4.74 Å². The molecule has 0 aromatic carbocycles. The van der Waals surface area contributed by atoms with Crippen LogP contribution in [0.3, 0.4) is 0 Å². The molecule has 1 aliphatic heterocycles. The quantitative estimate of drug-likeness (QED) is 0.853. The van der Waals surface area contributed by atoms with Crippen molar-refractivity contribution < 1.29 is 9.53 Å². The predicted molar refractivity (Wildman–Crippen MR) is 65.1 cm³/mol. The number of anilines is 1. The Bertz CT molecular complexity index is 408. The lowest BCUT2D eigenvalue weighted by Gasteiger charge is -2.30. The molecule has 0 bridgehead atoms. The van der Waals surface area contributed by atoms with Gasteiger partial charge in [-0.05, 0) is 18.6 Å². The summed E-state index contributed by atoms with van der Waals surface area (Å²) in [5, 5.41) is 3.32. The molecule has 0 spiro atoms. The second-order valence-corrected chi connectivity index (χ2v) is 4.21. The fourth-order valence-electron chi connectivity index (χ4n) is 1.99. The van der Waals surface area contributed by atoms with E-state index >= 15 is 0 Å². The van der Waals surface area contributed by atoms with Crippen LogP contribution in [0, 0.1) is 0 Å². The Morgan fingerprint density at radius 1 is 1.59 bits per heavy atom. The molecule has 5 nitrogen and oxygen atoms in total. The number of likely N-dealkylation sites (N-methyl/N-ethyl adjacent to an activating group) is 1. The Balaban J connectivity index is 2.03. The number of ether oxygens (including phenoxy) is 1. The highest BCUT2D eigenvalue weighted by atomic mass is 16.5. The number of rotatable bonds is 3. The molecule has 1 aromatic heterocycles. The second-order valence-electron chi connectivity index (χ2n) is 4.21. The number of likely N-dealkylation sites (tertiary alicyclic amines) is 1. The van der Waals surface area contributed by atoms with Gasteiger partial charge in [-0.2, -0.15) is 0 Å². The molecule has 0 aliphatic carbocycles. The van der Waals surface area contributed by atoms with Crippen molar-refractivity contribution in [3.8, 4) is 5.75 Å². The first-order valence-electron chi connectivity index (χ1n) is 5.70. The Morgan fingerprint density at radius 2 is 2.41 bits per heavy atom. The molecule has 2 rings (SSSR count).